The zero-order valence-corrected chi connectivity index (χ0v) is 20.2. The largest absolute Gasteiger partial charge is 0.478 e. The number of benzene rings is 3. The van der Waals surface area contributed by atoms with Gasteiger partial charge < -0.3 is 10.2 Å². The van der Waals surface area contributed by atoms with Gasteiger partial charge in [-0.3, -0.25) is 0 Å². The van der Waals surface area contributed by atoms with E-state index in [-0.39, 0.29) is 22.5 Å². The molecule has 0 heterocycles. The second-order valence-corrected chi connectivity index (χ2v) is 9.71. The molecule has 0 aliphatic rings. The predicted molar refractivity (Wildman–Crippen MR) is 133 cm³/mol. The maximum atomic E-state index is 12.2. The number of hydrogen-bond donors (Lipinski definition) is 2. The Morgan fingerprint density at radius 2 is 1.27 bits per heavy atom. The minimum atomic E-state index is -1.00. The van der Waals surface area contributed by atoms with E-state index in [1.807, 2.05) is 24.3 Å². The maximum absolute atomic E-state index is 12.2. The van der Waals surface area contributed by atoms with Gasteiger partial charge in [-0.25, -0.2) is 9.59 Å². The minimum absolute atomic E-state index is 0.0951. The summed E-state index contributed by atoms with van der Waals surface area (Å²) in [4.78, 5) is 24.4. The number of rotatable bonds is 6. The minimum Gasteiger partial charge on any atom is -0.478 e. The van der Waals surface area contributed by atoms with Gasteiger partial charge in [0.15, 0.2) is 0 Å². The van der Waals surface area contributed by atoms with E-state index in [9.17, 15) is 19.8 Å². The Bertz CT molecular complexity index is 1210. The van der Waals surface area contributed by atoms with Crippen LogP contribution in [0.3, 0.4) is 0 Å². The molecule has 3 rings (SSSR count). The summed E-state index contributed by atoms with van der Waals surface area (Å²) in [5, 5.41) is 20.0. The molecule has 4 heteroatoms. The van der Waals surface area contributed by atoms with Crippen molar-refractivity contribution in [2.45, 2.75) is 59.3 Å². The van der Waals surface area contributed by atoms with E-state index in [1.54, 1.807) is 24.3 Å². The van der Waals surface area contributed by atoms with Crippen LogP contribution in [0.4, 0.5) is 0 Å². The molecule has 172 valence electrons. The number of hydrogen-bond acceptors (Lipinski definition) is 2. The van der Waals surface area contributed by atoms with Gasteiger partial charge >= 0.3 is 11.9 Å². The van der Waals surface area contributed by atoms with Gasteiger partial charge in [-0.05, 0) is 68.8 Å². The monoisotopic (exact) mass is 444 g/mol. The zero-order chi connectivity index (χ0) is 24.5. The average Bonchev–Trinajstić information content (AvgIpc) is 2.76. The van der Waals surface area contributed by atoms with Crippen molar-refractivity contribution >= 4 is 11.9 Å². The van der Waals surface area contributed by atoms with Crippen molar-refractivity contribution in [3.63, 3.8) is 0 Å². The van der Waals surface area contributed by atoms with Crippen molar-refractivity contribution in [3.8, 4) is 22.3 Å². The van der Waals surface area contributed by atoms with Crippen LogP contribution in [0.1, 0.15) is 84.9 Å². The van der Waals surface area contributed by atoms with Crippen LogP contribution >= 0.6 is 0 Å². The lowest BCUT2D eigenvalue weighted by Crippen LogP contribution is -2.18. The molecule has 0 saturated carbocycles. The summed E-state index contributed by atoms with van der Waals surface area (Å²) in [6, 6.07) is 16.2. The summed E-state index contributed by atoms with van der Waals surface area (Å²) < 4.78 is 0. The molecule has 0 spiro atoms. The van der Waals surface area contributed by atoms with Crippen LogP contribution in [0.5, 0.6) is 0 Å². The molecule has 0 aromatic heterocycles. The Hall–Kier alpha value is -3.40. The first-order valence-corrected chi connectivity index (χ1v) is 11.3. The third kappa shape index (κ3) is 4.56. The van der Waals surface area contributed by atoms with Gasteiger partial charge in [0, 0.05) is 0 Å². The lowest BCUT2D eigenvalue weighted by atomic mass is 9.72. The second-order valence-electron chi connectivity index (χ2n) is 9.71. The predicted octanol–water partition coefficient (Wildman–Crippen LogP) is 7.40. The summed E-state index contributed by atoms with van der Waals surface area (Å²) in [5.41, 5.74) is 6.31. The normalized spacial score (nSPS) is 11.6. The molecule has 0 amide bonds. The first-order chi connectivity index (χ1) is 15.5. The quantitative estimate of drug-likeness (QED) is 0.415. The molecule has 0 unspecified atom stereocenters. The summed E-state index contributed by atoms with van der Waals surface area (Å²) in [6.07, 6.45) is 0.687. The molecule has 3 aromatic rings. The highest BCUT2D eigenvalue weighted by Gasteiger charge is 2.30. The first kappa shape index (κ1) is 24.2. The molecule has 2 N–H and O–H groups in total. The average molecular weight is 445 g/mol. The van der Waals surface area contributed by atoms with Crippen molar-refractivity contribution in [3.05, 3.63) is 82.4 Å². The van der Waals surface area contributed by atoms with Crippen LogP contribution in [0.15, 0.2) is 54.6 Å². The maximum Gasteiger partial charge on any atom is 0.336 e. The van der Waals surface area contributed by atoms with Crippen molar-refractivity contribution in [2.24, 2.45) is 0 Å². The molecule has 4 nitrogen and oxygen atoms in total. The Morgan fingerprint density at radius 3 is 1.67 bits per heavy atom. The van der Waals surface area contributed by atoms with E-state index in [0.29, 0.717) is 17.5 Å². The number of aromatic carboxylic acids is 2. The molecular formula is C29H32O4. The molecule has 0 fully saturated rings. The third-order valence-electron chi connectivity index (χ3n) is 6.07. The van der Waals surface area contributed by atoms with Crippen molar-refractivity contribution in [1.82, 2.24) is 0 Å². The molecule has 0 bridgehead atoms. The summed E-state index contributed by atoms with van der Waals surface area (Å²) >= 11 is 0. The van der Waals surface area contributed by atoms with E-state index in [2.05, 4.69) is 47.6 Å². The van der Waals surface area contributed by atoms with Crippen LogP contribution in [0, 0.1) is 0 Å². The number of aryl methyl sites for hydroxylation is 1. The third-order valence-corrected chi connectivity index (χ3v) is 6.07. The van der Waals surface area contributed by atoms with E-state index in [4.69, 9.17) is 0 Å². The van der Waals surface area contributed by atoms with Crippen molar-refractivity contribution in [1.29, 1.82) is 0 Å². The fourth-order valence-corrected chi connectivity index (χ4v) is 4.62. The van der Waals surface area contributed by atoms with Crippen LogP contribution in [0.25, 0.3) is 22.3 Å². The fourth-order valence-electron chi connectivity index (χ4n) is 4.62. The van der Waals surface area contributed by atoms with Gasteiger partial charge in [0.25, 0.3) is 0 Å². The Morgan fingerprint density at radius 1 is 0.818 bits per heavy atom. The Labute approximate surface area is 195 Å². The van der Waals surface area contributed by atoms with Crippen LogP contribution in [-0.2, 0) is 11.8 Å². The number of carboxylic acids is 2. The van der Waals surface area contributed by atoms with Gasteiger partial charge in [-0.15, -0.1) is 0 Å². The molecule has 0 aliphatic carbocycles. The Balaban J connectivity index is 2.67. The second kappa shape index (κ2) is 9.22. The van der Waals surface area contributed by atoms with E-state index < -0.39 is 11.9 Å². The van der Waals surface area contributed by atoms with E-state index in [0.717, 1.165) is 27.8 Å². The molecule has 0 saturated heterocycles. The van der Waals surface area contributed by atoms with Crippen molar-refractivity contribution < 1.29 is 19.8 Å². The molecule has 0 atom stereocenters. The molecule has 3 aromatic carbocycles. The van der Waals surface area contributed by atoms with Gasteiger partial charge in [-0.1, -0.05) is 84.0 Å². The van der Waals surface area contributed by atoms with E-state index in [1.165, 1.54) is 0 Å². The van der Waals surface area contributed by atoms with Gasteiger partial charge in [-0.2, -0.15) is 0 Å². The SMILES string of the molecule is CCc1cc(C(C)(C)C)c(C(C)C)c(-c2ccccc2C(=O)O)c1-c1ccccc1C(=O)O. The number of carbonyl (C=O) groups is 2. The zero-order valence-electron chi connectivity index (χ0n) is 20.2. The van der Waals surface area contributed by atoms with Crippen LogP contribution in [0.2, 0.25) is 0 Å². The summed E-state index contributed by atoms with van der Waals surface area (Å²) in [6.45, 7) is 12.7. The highest BCUT2D eigenvalue weighted by molar-refractivity contribution is 6.04. The van der Waals surface area contributed by atoms with Crippen LogP contribution < -0.4 is 0 Å². The first-order valence-electron chi connectivity index (χ1n) is 11.3. The Kier molecular flexibility index (Phi) is 6.78. The van der Waals surface area contributed by atoms with Crippen molar-refractivity contribution in [2.75, 3.05) is 0 Å². The van der Waals surface area contributed by atoms with Gasteiger partial charge in [0.05, 0.1) is 11.1 Å². The van der Waals surface area contributed by atoms with Gasteiger partial charge in [0.1, 0.15) is 0 Å². The highest BCUT2D eigenvalue weighted by Crippen LogP contribution is 2.47. The van der Waals surface area contributed by atoms with Gasteiger partial charge in [0.2, 0.25) is 0 Å². The van der Waals surface area contributed by atoms with Crippen LogP contribution in [-0.4, -0.2) is 22.2 Å². The summed E-state index contributed by atoms with van der Waals surface area (Å²) in [5.74, 6) is -1.91. The summed E-state index contributed by atoms with van der Waals surface area (Å²) in [7, 11) is 0. The molecule has 33 heavy (non-hydrogen) atoms. The highest BCUT2D eigenvalue weighted by atomic mass is 16.4. The molecule has 0 radical (unpaired) electrons. The molecular weight excluding hydrogens is 412 g/mol. The molecule has 0 aliphatic heterocycles. The number of carboxylic acid groups (broad SMARTS) is 2. The fraction of sp³-hybridized carbons (Fsp3) is 0.310. The lowest BCUT2D eigenvalue weighted by molar-refractivity contribution is 0.0686. The standard InChI is InChI=1S/C29H32O4/c1-7-18-16-23(29(4,5)6)24(17(2)3)26(20-13-9-11-15-22(20)28(32)33)25(18)19-12-8-10-14-21(19)27(30)31/h8-17H,7H2,1-6H3,(H,30,31)(H,32,33). The van der Waals surface area contributed by atoms with E-state index >= 15 is 0 Å². The smallest absolute Gasteiger partial charge is 0.336 e. The topological polar surface area (TPSA) is 74.6 Å². The lowest BCUT2D eigenvalue weighted by Gasteiger charge is -2.31.